The maximum Gasteiger partial charge on any atom is 0.163 e. The predicted octanol–water partition coefficient (Wildman–Crippen LogP) is 2.98. The van der Waals surface area contributed by atoms with Gasteiger partial charge < -0.3 is 4.90 Å². The van der Waals surface area contributed by atoms with E-state index in [4.69, 9.17) is 5.84 Å². The van der Waals surface area contributed by atoms with Gasteiger partial charge in [0.1, 0.15) is 0 Å². The van der Waals surface area contributed by atoms with Gasteiger partial charge in [-0.05, 0) is 38.9 Å². The van der Waals surface area contributed by atoms with Crippen molar-refractivity contribution in [1.29, 1.82) is 0 Å². The SMILES string of the molecule is CC1CCCC(C(NN)c2cccc(F)c2F)(N(C)C)C1. The van der Waals surface area contributed by atoms with Crippen LogP contribution in [0, 0.1) is 17.6 Å². The maximum atomic E-state index is 14.2. The molecule has 3 N–H and O–H groups in total. The third-order valence-electron chi connectivity index (χ3n) is 4.90. The fourth-order valence-corrected chi connectivity index (χ4v) is 3.77. The van der Waals surface area contributed by atoms with E-state index in [1.807, 2.05) is 14.1 Å². The molecule has 0 aromatic heterocycles. The van der Waals surface area contributed by atoms with Crippen LogP contribution in [0.2, 0.25) is 0 Å². The summed E-state index contributed by atoms with van der Waals surface area (Å²) in [5, 5.41) is 0. The summed E-state index contributed by atoms with van der Waals surface area (Å²) in [5.74, 6) is 4.66. The summed E-state index contributed by atoms with van der Waals surface area (Å²) in [6.45, 7) is 2.20. The van der Waals surface area contributed by atoms with Gasteiger partial charge in [0.2, 0.25) is 0 Å². The Bertz CT molecular complexity index is 492. The minimum absolute atomic E-state index is 0.305. The van der Waals surface area contributed by atoms with Crippen LogP contribution < -0.4 is 11.3 Å². The first kappa shape index (κ1) is 16.3. The third-order valence-corrected chi connectivity index (χ3v) is 4.90. The number of nitrogens with zero attached hydrogens (tertiary/aromatic N) is 1. The van der Waals surface area contributed by atoms with Crippen LogP contribution in [0.4, 0.5) is 8.78 Å². The molecule has 118 valence electrons. The molecule has 21 heavy (non-hydrogen) atoms. The summed E-state index contributed by atoms with van der Waals surface area (Å²) >= 11 is 0. The first-order chi connectivity index (χ1) is 9.92. The smallest absolute Gasteiger partial charge is 0.163 e. The average molecular weight is 297 g/mol. The highest BCUT2D eigenvalue weighted by molar-refractivity contribution is 5.26. The van der Waals surface area contributed by atoms with Crippen molar-refractivity contribution in [3.63, 3.8) is 0 Å². The van der Waals surface area contributed by atoms with E-state index in [2.05, 4.69) is 17.2 Å². The van der Waals surface area contributed by atoms with E-state index >= 15 is 0 Å². The molecule has 1 aliphatic rings. The summed E-state index contributed by atoms with van der Waals surface area (Å²) in [5.41, 5.74) is 2.75. The zero-order valence-electron chi connectivity index (χ0n) is 13.0. The van der Waals surface area contributed by atoms with Crippen LogP contribution in [0.25, 0.3) is 0 Å². The topological polar surface area (TPSA) is 41.3 Å². The molecule has 0 saturated heterocycles. The van der Waals surface area contributed by atoms with Crippen LogP contribution in [-0.4, -0.2) is 24.5 Å². The van der Waals surface area contributed by atoms with Crippen LogP contribution in [0.5, 0.6) is 0 Å². The second-order valence-corrected chi connectivity index (χ2v) is 6.44. The third kappa shape index (κ3) is 2.96. The molecular weight excluding hydrogens is 272 g/mol. The van der Waals surface area contributed by atoms with Crippen molar-refractivity contribution in [2.75, 3.05) is 14.1 Å². The Morgan fingerprint density at radius 3 is 2.67 bits per heavy atom. The molecule has 2 rings (SSSR count). The summed E-state index contributed by atoms with van der Waals surface area (Å²) in [6, 6.07) is 3.85. The molecular formula is C16H25F2N3. The zero-order valence-corrected chi connectivity index (χ0v) is 13.0. The fourth-order valence-electron chi connectivity index (χ4n) is 3.77. The molecule has 0 bridgehead atoms. The van der Waals surface area contributed by atoms with Crippen LogP contribution in [0.3, 0.4) is 0 Å². The van der Waals surface area contributed by atoms with Crippen molar-refractivity contribution in [2.45, 2.75) is 44.2 Å². The number of nitrogens with one attached hydrogen (secondary N) is 1. The van der Waals surface area contributed by atoms with Gasteiger partial charge in [-0.1, -0.05) is 31.9 Å². The highest BCUT2D eigenvalue weighted by atomic mass is 19.2. The number of nitrogens with two attached hydrogens (primary N) is 1. The second kappa shape index (κ2) is 6.38. The van der Waals surface area contributed by atoms with Crippen LogP contribution >= 0.6 is 0 Å². The van der Waals surface area contributed by atoms with Crippen LogP contribution in [0.15, 0.2) is 18.2 Å². The van der Waals surface area contributed by atoms with E-state index < -0.39 is 17.7 Å². The minimum Gasteiger partial charge on any atom is -0.302 e. The van der Waals surface area contributed by atoms with Crippen molar-refractivity contribution in [3.05, 3.63) is 35.4 Å². The second-order valence-electron chi connectivity index (χ2n) is 6.44. The summed E-state index contributed by atoms with van der Waals surface area (Å²) in [4.78, 5) is 2.11. The Hall–Kier alpha value is -1.04. The molecule has 0 heterocycles. The Balaban J connectivity index is 2.48. The molecule has 1 aromatic rings. The van der Waals surface area contributed by atoms with Gasteiger partial charge in [0, 0.05) is 11.1 Å². The summed E-state index contributed by atoms with van der Waals surface area (Å²) < 4.78 is 27.8. The predicted molar refractivity (Wildman–Crippen MR) is 80.5 cm³/mol. The quantitative estimate of drug-likeness (QED) is 0.663. The molecule has 3 nitrogen and oxygen atoms in total. The van der Waals surface area contributed by atoms with Gasteiger partial charge in [-0.25, -0.2) is 8.78 Å². The minimum atomic E-state index is -0.828. The molecule has 0 spiro atoms. The number of hydrazine groups is 1. The summed E-state index contributed by atoms with van der Waals surface area (Å²) in [6.07, 6.45) is 4.05. The molecule has 1 fully saturated rings. The molecule has 0 radical (unpaired) electrons. The van der Waals surface area contributed by atoms with Gasteiger partial charge in [0.25, 0.3) is 0 Å². The molecule has 0 aliphatic heterocycles. The Labute approximate surface area is 125 Å². The van der Waals surface area contributed by atoms with Crippen molar-refractivity contribution in [3.8, 4) is 0 Å². The number of hydrogen-bond acceptors (Lipinski definition) is 3. The lowest BCUT2D eigenvalue weighted by atomic mass is 9.69. The van der Waals surface area contributed by atoms with Gasteiger partial charge >= 0.3 is 0 Å². The highest BCUT2D eigenvalue weighted by Crippen LogP contribution is 2.44. The van der Waals surface area contributed by atoms with Crippen molar-refractivity contribution >= 4 is 0 Å². The summed E-state index contributed by atoms with van der Waals surface area (Å²) in [7, 11) is 3.97. The van der Waals surface area contributed by atoms with E-state index in [-0.39, 0.29) is 5.54 Å². The van der Waals surface area contributed by atoms with E-state index in [1.165, 1.54) is 12.5 Å². The largest absolute Gasteiger partial charge is 0.302 e. The van der Waals surface area contributed by atoms with Gasteiger partial charge in [0.05, 0.1) is 6.04 Å². The Morgan fingerprint density at radius 2 is 2.10 bits per heavy atom. The van der Waals surface area contributed by atoms with Gasteiger partial charge in [-0.2, -0.15) is 0 Å². The Morgan fingerprint density at radius 1 is 1.38 bits per heavy atom. The molecule has 3 unspecified atom stereocenters. The van der Waals surface area contributed by atoms with E-state index in [9.17, 15) is 8.78 Å². The lowest BCUT2D eigenvalue weighted by molar-refractivity contribution is 0.0352. The first-order valence-electron chi connectivity index (χ1n) is 7.50. The van der Waals surface area contributed by atoms with Crippen LogP contribution in [0.1, 0.15) is 44.2 Å². The number of benzene rings is 1. The highest BCUT2D eigenvalue weighted by Gasteiger charge is 2.45. The lowest BCUT2D eigenvalue weighted by Gasteiger charge is -2.50. The molecule has 3 atom stereocenters. The molecule has 1 saturated carbocycles. The van der Waals surface area contributed by atoms with Gasteiger partial charge in [-0.15, -0.1) is 0 Å². The number of halogens is 2. The number of likely N-dealkylation sites (N-methyl/N-ethyl adjacent to an activating group) is 1. The standard InChI is InChI=1S/C16H25F2N3/c1-11-6-5-9-16(10-11,21(2)3)15(20-19)12-7-4-8-13(17)14(12)18/h4,7-8,11,15,20H,5-6,9-10,19H2,1-3H3. The van der Waals surface area contributed by atoms with Crippen LogP contribution in [-0.2, 0) is 0 Å². The maximum absolute atomic E-state index is 14.2. The number of hydrogen-bond donors (Lipinski definition) is 2. The zero-order chi connectivity index (χ0) is 15.6. The average Bonchev–Trinajstić information content (AvgIpc) is 2.44. The van der Waals surface area contributed by atoms with Crippen molar-refractivity contribution in [2.24, 2.45) is 11.8 Å². The molecule has 1 aromatic carbocycles. The Kier molecular flexibility index (Phi) is 4.96. The fraction of sp³-hybridized carbons (Fsp3) is 0.625. The van der Waals surface area contributed by atoms with E-state index in [0.717, 1.165) is 25.3 Å². The van der Waals surface area contributed by atoms with Gasteiger partial charge in [0.15, 0.2) is 11.6 Å². The normalized spacial score (nSPS) is 27.9. The lowest BCUT2D eigenvalue weighted by Crippen LogP contribution is -2.57. The number of rotatable bonds is 4. The monoisotopic (exact) mass is 297 g/mol. The van der Waals surface area contributed by atoms with E-state index in [1.54, 1.807) is 6.07 Å². The molecule has 5 heteroatoms. The first-order valence-corrected chi connectivity index (χ1v) is 7.50. The molecule has 1 aliphatic carbocycles. The van der Waals surface area contributed by atoms with Crippen molar-refractivity contribution < 1.29 is 8.78 Å². The molecule has 0 amide bonds. The van der Waals surface area contributed by atoms with Crippen molar-refractivity contribution in [1.82, 2.24) is 10.3 Å². The van der Waals surface area contributed by atoms with Gasteiger partial charge in [-0.3, -0.25) is 11.3 Å². The van der Waals surface area contributed by atoms with E-state index in [0.29, 0.717) is 11.5 Å².